The lowest BCUT2D eigenvalue weighted by molar-refractivity contribution is -0.151. The average Bonchev–Trinajstić information content (AvgIpc) is 3.26. The highest BCUT2D eigenvalue weighted by Crippen LogP contribution is 2.37. The highest BCUT2D eigenvalue weighted by atomic mass is 32.2. The molecule has 1 aromatic rings. The summed E-state index contributed by atoms with van der Waals surface area (Å²) < 4.78 is 42.8. The van der Waals surface area contributed by atoms with Gasteiger partial charge in [0.25, 0.3) is 0 Å². The topological polar surface area (TPSA) is 106 Å². The lowest BCUT2D eigenvalue weighted by atomic mass is 10.2. The molecule has 2 amide bonds. The van der Waals surface area contributed by atoms with Crippen molar-refractivity contribution in [3.63, 3.8) is 0 Å². The van der Waals surface area contributed by atoms with Crippen molar-refractivity contribution in [3.8, 4) is 5.75 Å². The van der Waals surface area contributed by atoms with Crippen molar-refractivity contribution < 1.29 is 27.4 Å². The lowest BCUT2D eigenvalue weighted by Crippen LogP contribution is -2.38. The summed E-state index contributed by atoms with van der Waals surface area (Å²) in [6.45, 7) is 3.34. The van der Waals surface area contributed by atoms with E-state index >= 15 is 0 Å². The largest absolute Gasteiger partial charge is 0.492 e. The Morgan fingerprint density at radius 1 is 1.32 bits per heavy atom. The molecule has 1 spiro atoms. The third kappa shape index (κ3) is 4.40. The Balaban J connectivity index is 1.71. The van der Waals surface area contributed by atoms with Crippen LogP contribution in [0.3, 0.4) is 0 Å². The van der Waals surface area contributed by atoms with E-state index in [2.05, 4.69) is 10.6 Å². The van der Waals surface area contributed by atoms with Crippen LogP contribution in [0.4, 0.5) is 10.5 Å². The summed E-state index contributed by atoms with van der Waals surface area (Å²) in [6.07, 6.45) is 2.08. The van der Waals surface area contributed by atoms with Crippen LogP contribution in [-0.2, 0) is 19.5 Å². The van der Waals surface area contributed by atoms with Gasteiger partial charge in [-0.3, -0.25) is 0 Å². The first-order chi connectivity index (χ1) is 13.3. The molecule has 0 bridgehead atoms. The van der Waals surface area contributed by atoms with Crippen LogP contribution in [0.15, 0.2) is 23.1 Å². The zero-order valence-corrected chi connectivity index (χ0v) is 17.2. The van der Waals surface area contributed by atoms with Crippen molar-refractivity contribution in [3.05, 3.63) is 18.2 Å². The first kappa shape index (κ1) is 20.8. The second-order valence-electron chi connectivity index (χ2n) is 7.02. The number of rotatable bonds is 6. The van der Waals surface area contributed by atoms with E-state index in [4.69, 9.17) is 14.2 Å². The van der Waals surface area contributed by atoms with E-state index in [1.807, 2.05) is 6.92 Å². The summed E-state index contributed by atoms with van der Waals surface area (Å²) in [5, 5.41) is 5.62. The Bertz CT molecular complexity index is 821. The number of nitrogens with one attached hydrogen (secondary N) is 2. The van der Waals surface area contributed by atoms with E-state index in [-0.39, 0.29) is 10.9 Å². The molecule has 10 heteroatoms. The van der Waals surface area contributed by atoms with Gasteiger partial charge in [-0.1, -0.05) is 0 Å². The molecule has 28 heavy (non-hydrogen) atoms. The average molecular weight is 413 g/mol. The SMILES string of the molecule is CCOc1ccc(S(=O)(=O)N(C)C)cc1NC(=O)NC1CCC2(C1)OCCO2. The molecule has 156 valence electrons. The molecule has 1 saturated carbocycles. The van der Waals surface area contributed by atoms with Crippen LogP contribution >= 0.6 is 0 Å². The fourth-order valence-electron chi connectivity index (χ4n) is 3.46. The van der Waals surface area contributed by atoms with Crippen molar-refractivity contribution >= 4 is 21.7 Å². The van der Waals surface area contributed by atoms with Gasteiger partial charge in [-0.2, -0.15) is 0 Å². The number of hydrogen-bond donors (Lipinski definition) is 2. The fraction of sp³-hybridized carbons (Fsp3) is 0.611. The minimum absolute atomic E-state index is 0.0730. The second-order valence-corrected chi connectivity index (χ2v) is 9.18. The fourth-order valence-corrected chi connectivity index (χ4v) is 4.39. The van der Waals surface area contributed by atoms with Crippen molar-refractivity contribution in [2.75, 3.05) is 39.2 Å². The maximum atomic E-state index is 12.5. The number of ether oxygens (including phenoxy) is 3. The van der Waals surface area contributed by atoms with E-state index in [1.165, 1.54) is 26.2 Å². The molecule has 0 aromatic heterocycles. The third-order valence-electron chi connectivity index (χ3n) is 4.86. The van der Waals surface area contributed by atoms with Crippen molar-refractivity contribution in [2.45, 2.75) is 42.9 Å². The number of amides is 2. The van der Waals surface area contributed by atoms with E-state index < -0.39 is 21.8 Å². The Hall–Kier alpha value is -1.88. The Morgan fingerprint density at radius 3 is 2.68 bits per heavy atom. The molecule has 1 aliphatic carbocycles. The number of sulfonamides is 1. The van der Waals surface area contributed by atoms with Crippen molar-refractivity contribution in [2.24, 2.45) is 0 Å². The van der Waals surface area contributed by atoms with Crippen molar-refractivity contribution in [1.82, 2.24) is 9.62 Å². The number of carbonyl (C=O) groups is 1. The first-order valence-corrected chi connectivity index (χ1v) is 10.7. The molecule has 1 saturated heterocycles. The highest BCUT2D eigenvalue weighted by Gasteiger charge is 2.44. The molecular weight excluding hydrogens is 386 g/mol. The number of hydrogen-bond acceptors (Lipinski definition) is 6. The predicted molar refractivity (Wildman–Crippen MR) is 103 cm³/mol. The summed E-state index contributed by atoms with van der Waals surface area (Å²) in [6, 6.07) is 3.89. The van der Waals surface area contributed by atoms with E-state index in [9.17, 15) is 13.2 Å². The van der Waals surface area contributed by atoms with E-state index in [0.717, 1.165) is 17.1 Å². The summed E-state index contributed by atoms with van der Waals surface area (Å²) >= 11 is 0. The molecular formula is C18H27N3O6S. The van der Waals surface area contributed by atoms with Gasteiger partial charge in [-0.15, -0.1) is 0 Å². The molecule has 3 rings (SSSR count). The number of benzene rings is 1. The van der Waals surface area contributed by atoms with Crippen LogP contribution in [-0.4, -0.2) is 64.5 Å². The van der Waals surface area contributed by atoms with Crippen LogP contribution in [0, 0.1) is 0 Å². The normalized spacial score (nSPS) is 21.2. The van der Waals surface area contributed by atoms with Crippen LogP contribution in [0.25, 0.3) is 0 Å². The summed E-state index contributed by atoms with van der Waals surface area (Å²) in [4.78, 5) is 12.6. The van der Waals surface area contributed by atoms with Crippen molar-refractivity contribution in [1.29, 1.82) is 0 Å². The zero-order chi connectivity index (χ0) is 20.4. The minimum atomic E-state index is -3.63. The Labute approximate surface area is 165 Å². The van der Waals surface area contributed by atoms with Crippen LogP contribution in [0.1, 0.15) is 26.2 Å². The summed E-state index contributed by atoms with van der Waals surface area (Å²) in [7, 11) is -0.725. The molecule has 1 aliphatic heterocycles. The van der Waals surface area contributed by atoms with Crippen LogP contribution in [0.5, 0.6) is 5.75 Å². The first-order valence-electron chi connectivity index (χ1n) is 9.30. The van der Waals surface area contributed by atoms with Gasteiger partial charge < -0.3 is 24.8 Å². The van der Waals surface area contributed by atoms with Gasteiger partial charge in [0, 0.05) is 33.0 Å². The number of carbonyl (C=O) groups excluding carboxylic acids is 1. The molecule has 1 atom stereocenters. The van der Waals surface area contributed by atoms with Gasteiger partial charge in [0.1, 0.15) is 5.75 Å². The summed E-state index contributed by atoms with van der Waals surface area (Å²) in [5.74, 6) is -0.172. The number of nitrogens with zero attached hydrogens (tertiary/aromatic N) is 1. The quantitative estimate of drug-likeness (QED) is 0.736. The monoisotopic (exact) mass is 413 g/mol. The van der Waals surface area contributed by atoms with Crippen LogP contribution in [0.2, 0.25) is 0 Å². The number of urea groups is 1. The molecule has 9 nitrogen and oxygen atoms in total. The lowest BCUT2D eigenvalue weighted by Gasteiger charge is -2.22. The standard InChI is InChI=1S/C18H27N3O6S/c1-4-25-16-6-5-14(28(23,24)21(2)3)11-15(16)20-17(22)19-13-7-8-18(12-13)26-9-10-27-18/h5-6,11,13H,4,7-10,12H2,1-3H3,(H2,19,20,22). The van der Waals surface area contributed by atoms with E-state index in [1.54, 1.807) is 6.07 Å². The minimum Gasteiger partial charge on any atom is -0.492 e. The second kappa shape index (κ2) is 8.24. The predicted octanol–water partition coefficient (Wildman–Crippen LogP) is 1.75. The molecule has 0 radical (unpaired) electrons. The molecule has 1 heterocycles. The zero-order valence-electron chi connectivity index (χ0n) is 16.4. The molecule has 2 fully saturated rings. The van der Waals surface area contributed by atoms with Gasteiger partial charge in [0.05, 0.1) is 30.4 Å². The van der Waals surface area contributed by atoms with Gasteiger partial charge in [-0.05, 0) is 31.5 Å². The summed E-state index contributed by atoms with van der Waals surface area (Å²) in [5.41, 5.74) is 0.295. The third-order valence-corrected chi connectivity index (χ3v) is 6.67. The Kier molecular flexibility index (Phi) is 6.13. The van der Waals surface area contributed by atoms with Gasteiger partial charge in [0.2, 0.25) is 10.0 Å². The van der Waals surface area contributed by atoms with Gasteiger partial charge in [0.15, 0.2) is 5.79 Å². The van der Waals surface area contributed by atoms with Crippen LogP contribution < -0.4 is 15.4 Å². The van der Waals surface area contributed by atoms with Gasteiger partial charge >= 0.3 is 6.03 Å². The maximum Gasteiger partial charge on any atom is 0.319 e. The number of anilines is 1. The molecule has 1 aromatic carbocycles. The molecule has 2 N–H and O–H groups in total. The smallest absolute Gasteiger partial charge is 0.319 e. The molecule has 1 unspecified atom stereocenters. The Morgan fingerprint density at radius 2 is 2.04 bits per heavy atom. The molecule has 2 aliphatic rings. The van der Waals surface area contributed by atoms with E-state index in [0.29, 0.717) is 37.7 Å². The maximum absolute atomic E-state index is 12.5. The highest BCUT2D eigenvalue weighted by molar-refractivity contribution is 7.89. The van der Waals surface area contributed by atoms with Gasteiger partial charge in [-0.25, -0.2) is 17.5 Å².